The van der Waals surface area contributed by atoms with Gasteiger partial charge in [0.15, 0.2) is 0 Å². The fraction of sp³-hybridized carbons (Fsp3) is 0.895. The molecule has 0 radical (unpaired) electrons. The van der Waals surface area contributed by atoms with Gasteiger partial charge >= 0.3 is 6.03 Å². The van der Waals surface area contributed by atoms with Crippen LogP contribution in [-0.2, 0) is 4.79 Å². The Morgan fingerprint density at radius 2 is 1.54 bits per heavy atom. The van der Waals surface area contributed by atoms with Crippen molar-refractivity contribution in [2.45, 2.75) is 64.8 Å². The van der Waals surface area contributed by atoms with Crippen LogP contribution in [0.3, 0.4) is 0 Å². The summed E-state index contributed by atoms with van der Waals surface area (Å²) in [5, 5.41) is 6.20. The lowest BCUT2D eigenvalue weighted by atomic mass is 9.54. The smallest absolute Gasteiger partial charge is 0.315 e. The summed E-state index contributed by atoms with van der Waals surface area (Å²) >= 11 is 0. The average molecular weight is 335 g/mol. The lowest BCUT2D eigenvalue weighted by Gasteiger charge is -2.54. The summed E-state index contributed by atoms with van der Waals surface area (Å²) in [6.45, 7) is 6.09. The number of hydrogen-bond acceptors (Lipinski definition) is 2. The number of hydrogen-bond donors (Lipinski definition) is 2. The van der Waals surface area contributed by atoms with Crippen molar-refractivity contribution in [3.8, 4) is 0 Å². The van der Waals surface area contributed by atoms with Gasteiger partial charge in [-0.15, -0.1) is 0 Å². The second-order valence-corrected chi connectivity index (χ2v) is 8.03. The van der Waals surface area contributed by atoms with Gasteiger partial charge in [-0.2, -0.15) is 0 Å². The summed E-state index contributed by atoms with van der Waals surface area (Å²) in [7, 11) is 0. The van der Waals surface area contributed by atoms with Crippen LogP contribution in [0.2, 0.25) is 0 Å². The van der Waals surface area contributed by atoms with Crippen molar-refractivity contribution in [1.29, 1.82) is 0 Å². The largest absolute Gasteiger partial charge is 0.343 e. The number of rotatable bonds is 7. The minimum atomic E-state index is -0.0391. The molecule has 5 nitrogen and oxygen atoms in total. The number of nitrogens with one attached hydrogen (secondary N) is 2. The van der Waals surface area contributed by atoms with Crippen molar-refractivity contribution < 1.29 is 9.59 Å². The molecule has 2 N–H and O–H groups in total. The average Bonchev–Trinajstić information content (AvgIpc) is 2.55. The van der Waals surface area contributed by atoms with Crippen LogP contribution in [0.1, 0.15) is 58.8 Å². The van der Waals surface area contributed by atoms with Crippen molar-refractivity contribution in [1.82, 2.24) is 15.5 Å². The van der Waals surface area contributed by atoms with E-state index in [4.69, 9.17) is 0 Å². The Balaban J connectivity index is 1.35. The van der Waals surface area contributed by atoms with Gasteiger partial charge in [0, 0.05) is 32.1 Å². The van der Waals surface area contributed by atoms with Crippen molar-refractivity contribution in [2.24, 2.45) is 23.7 Å². The highest BCUT2D eigenvalue weighted by Gasteiger charge is 2.48. The molecule has 0 spiro atoms. The summed E-state index contributed by atoms with van der Waals surface area (Å²) in [4.78, 5) is 26.0. The summed E-state index contributed by atoms with van der Waals surface area (Å²) in [5.74, 6) is 3.45. The van der Waals surface area contributed by atoms with Crippen LogP contribution in [0.5, 0.6) is 0 Å². The molecule has 0 aromatic heterocycles. The van der Waals surface area contributed by atoms with E-state index >= 15 is 0 Å². The topological polar surface area (TPSA) is 61.4 Å². The van der Waals surface area contributed by atoms with Crippen molar-refractivity contribution in [3.05, 3.63) is 0 Å². The van der Waals surface area contributed by atoms with Crippen LogP contribution in [0.15, 0.2) is 0 Å². The summed E-state index contributed by atoms with van der Waals surface area (Å²) in [6.07, 6.45) is 7.93. The fourth-order valence-corrected chi connectivity index (χ4v) is 5.54. The maximum Gasteiger partial charge on any atom is 0.315 e. The first-order valence-electron chi connectivity index (χ1n) is 9.92. The van der Waals surface area contributed by atoms with Crippen LogP contribution in [0.25, 0.3) is 0 Å². The maximum absolute atomic E-state index is 12.2. The van der Waals surface area contributed by atoms with Crippen LogP contribution in [0.4, 0.5) is 4.79 Å². The van der Waals surface area contributed by atoms with E-state index in [-0.39, 0.29) is 11.9 Å². The predicted molar refractivity (Wildman–Crippen MR) is 94.5 cm³/mol. The van der Waals surface area contributed by atoms with Crippen LogP contribution >= 0.6 is 0 Å². The first kappa shape index (κ1) is 17.6. The van der Waals surface area contributed by atoms with Gasteiger partial charge in [0.25, 0.3) is 0 Å². The standard InChI is InChI=1S/C19H33N3O2/c1-3-22(4-2)17(23)6-5-7-20-19(24)21-18-15-9-13-8-14(11-15)12-16(18)10-13/h13-16,18H,3-12H2,1-2H3,(H2,20,21,24). The Morgan fingerprint density at radius 1 is 0.958 bits per heavy atom. The van der Waals surface area contributed by atoms with Gasteiger partial charge in [-0.3, -0.25) is 4.79 Å². The third kappa shape index (κ3) is 3.86. The molecule has 4 aliphatic rings. The lowest BCUT2D eigenvalue weighted by Crippen LogP contribution is -2.57. The van der Waals surface area contributed by atoms with Gasteiger partial charge < -0.3 is 15.5 Å². The third-order valence-electron chi connectivity index (χ3n) is 6.49. The van der Waals surface area contributed by atoms with Crippen LogP contribution < -0.4 is 10.6 Å². The highest BCUT2D eigenvalue weighted by molar-refractivity contribution is 5.76. The number of carbonyl (C=O) groups excluding carboxylic acids is 2. The van der Waals surface area contributed by atoms with E-state index in [9.17, 15) is 9.59 Å². The molecule has 0 aromatic rings. The molecule has 0 aliphatic heterocycles. The zero-order chi connectivity index (χ0) is 17.1. The number of carbonyl (C=O) groups is 2. The Labute approximate surface area is 145 Å². The van der Waals surface area contributed by atoms with E-state index < -0.39 is 0 Å². The highest BCUT2D eigenvalue weighted by Crippen LogP contribution is 2.53. The molecule has 5 heteroatoms. The minimum Gasteiger partial charge on any atom is -0.343 e. The number of urea groups is 1. The minimum absolute atomic E-state index is 0.0391. The van der Waals surface area contributed by atoms with E-state index in [0.29, 0.717) is 37.3 Å². The predicted octanol–water partition coefficient (Wildman–Crippen LogP) is 2.76. The van der Waals surface area contributed by atoms with Crippen molar-refractivity contribution >= 4 is 11.9 Å². The molecule has 0 saturated heterocycles. The maximum atomic E-state index is 12.2. The molecule has 0 atom stereocenters. The molecule has 0 heterocycles. The lowest BCUT2D eigenvalue weighted by molar-refractivity contribution is -0.130. The molecular weight excluding hydrogens is 302 g/mol. The second kappa shape index (κ2) is 7.75. The van der Waals surface area contributed by atoms with E-state index in [0.717, 1.165) is 24.9 Å². The highest BCUT2D eigenvalue weighted by atomic mass is 16.2. The number of nitrogens with zero attached hydrogens (tertiary/aromatic N) is 1. The van der Waals surface area contributed by atoms with Crippen LogP contribution in [-0.4, -0.2) is 42.5 Å². The zero-order valence-corrected chi connectivity index (χ0v) is 15.2. The van der Waals surface area contributed by atoms with Gasteiger partial charge in [-0.25, -0.2) is 4.79 Å². The SMILES string of the molecule is CCN(CC)C(=O)CCCNC(=O)NC1C2CC3CC(C2)CC1C3. The molecule has 0 aromatic carbocycles. The second-order valence-electron chi connectivity index (χ2n) is 8.03. The van der Waals surface area contributed by atoms with Crippen molar-refractivity contribution in [2.75, 3.05) is 19.6 Å². The first-order valence-corrected chi connectivity index (χ1v) is 9.92. The Kier molecular flexibility index (Phi) is 5.67. The molecule has 3 amide bonds. The molecule has 4 rings (SSSR count). The van der Waals surface area contributed by atoms with Gasteiger partial charge in [-0.1, -0.05) is 0 Å². The van der Waals surface area contributed by atoms with Gasteiger partial charge in [0.1, 0.15) is 0 Å². The van der Waals surface area contributed by atoms with E-state index in [1.807, 2.05) is 18.7 Å². The summed E-state index contributed by atoms with van der Waals surface area (Å²) in [6, 6.07) is 0.345. The van der Waals surface area contributed by atoms with Gasteiger partial charge in [0.05, 0.1) is 0 Å². The molecule has 24 heavy (non-hydrogen) atoms. The van der Waals surface area contributed by atoms with Gasteiger partial charge in [-0.05, 0) is 76.0 Å². The molecule has 4 saturated carbocycles. The first-order chi connectivity index (χ1) is 11.6. The quantitative estimate of drug-likeness (QED) is 0.703. The Bertz CT molecular complexity index is 434. The Hall–Kier alpha value is -1.26. The molecular formula is C19H33N3O2. The molecule has 4 aliphatic carbocycles. The monoisotopic (exact) mass is 335 g/mol. The Morgan fingerprint density at radius 3 is 2.08 bits per heavy atom. The van der Waals surface area contributed by atoms with Crippen molar-refractivity contribution in [3.63, 3.8) is 0 Å². The molecule has 136 valence electrons. The van der Waals surface area contributed by atoms with E-state index in [2.05, 4.69) is 10.6 Å². The van der Waals surface area contributed by atoms with Crippen LogP contribution in [0, 0.1) is 23.7 Å². The number of amides is 3. The zero-order valence-electron chi connectivity index (χ0n) is 15.2. The van der Waals surface area contributed by atoms with Gasteiger partial charge in [0.2, 0.25) is 5.91 Å². The van der Waals surface area contributed by atoms with E-state index in [1.165, 1.54) is 32.1 Å². The normalized spacial score (nSPS) is 33.3. The summed E-state index contributed by atoms with van der Waals surface area (Å²) in [5.41, 5.74) is 0. The summed E-state index contributed by atoms with van der Waals surface area (Å²) < 4.78 is 0. The molecule has 4 bridgehead atoms. The fourth-order valence-electron chi connectivity index (χ4n) is 5.54. The van der Waals surface area contributed by atoms with E-state index in [1.54, 1.807) is 0 Å². The third-order valence-corrected chi connectivity index (χ3v) is 6.49. The molecule has 4 fully saturated rings. The molecule has 0 unspecified atom stereocenters.